The number of halogens is 3. The van der Waals surface area contributed by atoms with Crippen molar-refractivity contribution < 1.29 is 9.90 Å². The van der Waals surface area contributed by atoms with E-state index in [-0.39, 0.29) is 0 Å². The summed E-state index contributed by atoms with van der Waals surface area (Å²) in [5, 5.41) is 7.85. The summed E-state index contributed by atoms with van der Waals surface area (Å²) < 4.78 is -2.17. The van der Waals surface area contributed by atoms with Crippen LogP contribution >= 0.6 is 34.8 Å². The molecule has 1 heterocycles. The number of hydrogen-bond donors (Lipinski definition) is 1. The van der Waals surface area contributed by atoms with Crippen LogP contribution in [0.5, 0.6) is 0 Å². The van der Waals surface area contributed by atoms with Gasteiger partial charge in [0.15, 0.2) is 0 Å². The Morgan fingerprint density at radius 1 is 1.08 bits per heavy atom. The summed E-state index contributed by atoms with van der Waals surface area (Å²) in [7, 11) is 0. The van der Waals surface area contributed by atoms with Crippen molar-refractivity contribution in [3.63, 3.8) is 0 Å². The number of hydrogen-bond acceptors (Lipinski definition) is 3. The van der Waals surface area contributed by atoms with E-state index in [2.05, 4.69) is 9.97 Å². The molecule has 1 aromatic heterocycles. The number of carboxylic acids is 1. The quantitative estimate of drug-likeness (QED) is 0.707. The minimum atomic E-state index is -2.17. The molecule has 13 heavy (non-hydrogen) atoms. The zero-order valence-corrected chi connectivity index (χ0v) is 8.46. The van der Waals surface area contributed by atoms with Gasteiger partial charge in [-0.3, -0.25) is 9.97 Å². The largest absolute Gasteiger partial charge is 0.478 e. The van der Waals surface area contributed by atoms with Crippen LogP contribution in [-0.2, 0) is 4.79 Å². The van der Waals surface area contributed by atoms with Crippen molar-refractivity contribution in [3.05, 3.63) is 24.8 Å². The monoisotopic (exact) mass is 242 g/mol. The number of nitrogens with zero attached hydrogens (tertiary/aromatic N) is 2. The minimum absolute atomic E-state index is 1.46. The highest BCUT2D eigenvalue weighted by molar-refractivity contribution is 6.75. The van der Waals surface area contributed by atoms with Crippen LogP contribution in [-0.4, -0.2) is 24.8 Å². The molecule has 1 rings (SSSR count). The van der Waals surface area contributed by atoms with Crippen molar-refractivity contribution in [2.24, 2.45) is 0 Å². The third-order valence-electron chi connectivity index (χ3n) is 0.720. The molecule has 0 saturated carbocycles. The Hall–Kier alpha value is -0.580. The molecule has 0 radical (unpaired) electrons. The first-order valence-electron chi connectivity index (χ1n) is 2.94. The van der Waals surface area contributed by atoms with Crippen molar-refractivity contribution >= 4 is 40.8 Å². The fourth-order valence-corrected chi connectivity index (χ4v) is 0.253. The van der Waals surface area contributed by atoms with Crippen LogP contribution < -0.4 is 0 Å². The molecule has 0 aromatic carbocycles. The van der Waals surface area contributed by atoms with Crippen molar-refractivity contribution in [2.45, 2.75) is 3.79 Å². The summed E-state index contributed by atoms with van der Waals surface area (Å²) in [4.78, 5) is 17.1. The number of carboxylic acid groups (broad SMARTS) is 1. The maximum atomic E-state index is 9.62. The Morgan fingerprint density at radius 3 is 1.38 bits per heavy atom. The smallest absolute Gasteiger partial charge is 0.356 e. The van der Waals surface area contributed by atoms with Crippen molar-refractivity contribution in [1.82, 2.24) is 9.97 Å². The van der Waals surface area contributed by atoms with Gasteiger partial charge in [0.2, 0.25) is 0 Å². The molecule has 0 atom stereocenters. The van der Waals surface area contributed by atoms with E-state index in [4.69, 9.17) is 39.9 Å². The maximum absolute atomic E-state index is 9.62. The molecular weight excluding hydrogens is 238 g/mol. The molecule has 0 amide bonds. The van der Waals surface area contributed by atoms with Crippen LogP contribution in [0, 0.1) is 0 Å². The van der Waals surface area contributed by atoms with E-state index in [0.717, 1.165) is 0 Å². The van der Waals surface area contributed by atoms with Crippen LogP contribution in [0.1, 0.15) is 0 Å². The molecule has 0 fully saturated rings. The second-order valence-corrected chi connectivity index (χ2v) is 3.98. The Kier molecular flexibility index (Phi) is 5.70. The normalized spacial score (nSPS) is 9.77. The maximum Gasteiger partial charge on any atom is 0.356 e. The number of rotatable bonds is 0. The van der Waals surface area contributed by atoms with Gasteiger partial charge in [-0.1, -0.05) is 34.8 Å². The zero-order valence-electron chi connectivity index (χ0n) is 6.19. The fourth-order valence-electron chi connectivity index (χ4n) is 0.253. The standard InChI is InChI=1S/C4H4N2.C2HCl3O2/c1-2-6-4-3-5-1;3-2(4,5)1(6)7/h1-4H;(H,6,7). The topological polar surface area (TPSA) is 63.1 Å². The lowest BCUT2D eigenvalue weighted by molar-refractivity contribution is -0.135. The van der Waals surface area contributed by atoms with Crippen molar-refractivity contribution in [1.29, 1.82) is 0 Å². The number of aromatic nitrogens is 2. The lowest BCUT2D eigenvalue weighted by Crippen LogP contribution is -2.16. The Balaban J connectivity index is 0.000000223. The molecular formula is C6H5Cl3N2O2. The first-order valence-corrected chi connectivity index (χ1v) is 4.08. The molecule has 0 aliphatic carbocycles. The predicted octanol–water partition coefficient (Wildman–Crippen LogP) is 1.92. The SMILES string of the molecule is O=C(O)C(Cl)(Cl)Cl.c1cnccn1. The molecule has 0 saturated heterocycles. The van der Waals surface area contributed by atoms with Gasteiger partial charge in [0.25, 0.3) is 3.79 Å². The summed E-state index contributed by atoms with van der Waals surface area (Å²) in [6, 6.07) is 0. The summed E-state index contributed by atoms with van der Waals surface area (Å²) >= 11 is 14.4. The van der Waals surface area contributed by atoms with Gasteiger partial charge in [-0.05, 0) is 0 Å². The van der Waals surface area contributed by atoms with E-state index in [1.807, 2.05) is 0 Å². The molecule has 0 aliphatic heterocycles. The minimum Gasteiger partial charge on any atom is -0.478 e. The molecule has 4 nitrogen and oxygen atoms in total. The van der Waals surface area contributed by atoms with Crippen LogP contribution in [0.4, 0.5) is 0 Å². The molecule has 72 valence electrons. The zero-order chi connectivity index (χ0) is 10.3. The highest BCUT2D eigenvalue weighted by Gasteiger charge is 2.29. The number of carbonyl (C=O) groups is 1. The highest BCUT2D eigenvalue weighted by Crippen LogP contribution is 2.25. The van der Waals surface area contributed by atoms with Crippen molar-refractivity contribution in [2.75, 3.05) is 0 Å². The van der Waals surface area contributed by atoms with Crippen molar-refractivity contribution in [3.8, 4) is 0 Å². The first-order chi connectivity index (χ1) is 5.94. The highest BCUT2D eigenvalue weighted by atomic mass is 35.6. The first kappa shape index (κ1) is 12.4. The molecule has 0 bridgehead atoms. The third kappa shape index (κ3) is 7.77. The van der Waals surface area contributed by atoms with Crippen LogP contribution in [0.3, 0.4) is 0 Å². The van der Waals surface area contributed by atoms with Crippen LogP contribution in [0.2, 0.25) is 0 Å². The molecule has 0 aliphatic rings. The van der Waals surface area contributed by atoms with E-state index in [1.54, 1.807) is 24.8 Å². The average molecular weight is 243 g/mol. The Bertz CT molecular complexity index is 223. The van der Waals surface area contributed by atoms with E-state index in [0.29, 0.717) is 0 Å². The molecule has 1 aromatic rings. The second-order valence-electron chi connectivity index (χ2n) is 1.70. The Morgan fingerprint density at radius 2 is 1.31 bits per heavy atom. The average Bonchev–Trinajstić information content (AvgIpc) is 2.07. The van der Waals surface area contributed by atoms with E-state index >= 15 is 0 Å². The molecule has 7 heteroatoms. The summed E-state index contributed by atoms with van der Waals surface area (Å²) in [6.45, 7) is 0. The van der Waals surface area contributed by atoms with Crippen LogP contribution in [0.15, 0.2) is 24.8 Å². The van der Waals surface area contributed by atoms with Gasteiger partial charge in [-0.2, -0.15) is 0 Å². The Labute approximate surface area is 89.5 Å². The van der Waals surface area contributed by atoms with Gasteiger partial charge in [-0.25, -0.2) is 4.79 Å². The van der Waals surface area contributed by atoms with E-state index in [9.17, 15) is 4.79 Å². The van der Waals surface area contributed by atoms with E-state index < -0.39 is 9.76 Å². The molecule has 0 spiro atoms. The van der Waals surface area contributed by atoms with E-state index in [1.165, 1.54) is 0 Å². The summed E-state index contributed by atoms with van der Waals surface area (Å²) in [5.41, 5.74) is 0. The van der Waals surface area contributed by atoms with Gasteiger partial charge in [-0.15, -0.1) is 0 Å². The van der Waals surface area contributed by atoms with Gasteiger partial charge in [0.05, 0.1) is 0 Å². The van der Waals surface area contributed by atoms with Gasteiger partial charge in [0.1, 0.15) is 0 Å². The number of aliphatic carboxylic acids is 1. The third-order valence-corrected chi connectivity index (χ3v) is 1.21. The van der Waals surface area contributed by atoms with Crippen LogP contribution in [0.25, 0.3) is 0 Å². The second kappa shape index (κ2) is 5.96. The fraction of sp³-hybridized carbons (Fsp3) is 0.167. The lowest BCUT2D eigenvalue weighted by Gasteiger charge is -1.99. The molecule has 1 N–H and O–H groups in total. The van der Waals surface area contributed by atoms with Gasteiger partial charge < -0.3 is 5.11 Å². The van der Waals surface area contributed by atoms with Gasteiger partial charge in [0, 0.05) is 24.8 Å². The molecule has 0 unspecified atom stereocenters. The predicted molar refractivity (Wildman–Crippen MR) is 50.0 cm³/mol. The van der Waals surface area contributed by atoms with Gasteiger partial charge >= 0.3 is 5.97 Å². The summed E-state index contributed by atoms with van der Waals surface area (Å²) in [5.74, 6) is -1.46. The number of alkyl halides is 3. The summed E-state index contributed by atoms with van der Waals surface area (Å²) in [6.07, 6.45) is 6.56. The lowest BCUT2D eigenvalue weighted by atomic mass is 10.8.